The Kier molecular flexibility index (Phi) is 3.23. The molecule has 2 rings (SSSR count). The fourth-order valence-electron chi connectivity index (χ4n) is 2.47. The van der Waals surface area contributed by atoms with Crippen LogP contribution in [0.4, 0.5) is 0 Å². The molecule has 1 unspecified atom stereocenters. The summed E-state index contributed by atoms with van der Waals surface area (Å²) in [5, 5.41) is 21.4. The Morgan fingerprint density at radius 2 is 2.13 bits per heavy atom. The molecule has 0 aromatic rings. The van der Waals surface area contributed by atoms with Crippen molar-refractivity contribution >= 4 is 5.91 Å². The normalized spacial score (nSPS) is 31.5. The van der Waals surface area contributed by atoms with Crippen molar-refractivity contribution in [3.05, 3.63) is 0 Å². The molecule has 3 N–H and O–H groups in total. The molecule has 0 spiro atoms. The van der Waals surface area contributed by atoms with Gasteiger partial charge in [-0.15, -0.1) is 0 Å². The van der Waals surface area contributed by atoms with Crippen LogP contribution < -0.4 is 5.32 Å². The second-order valence-corrected chi connectivity index (χ2v) is 4.30. The zero-order chi connectivity index (χ0) is 10.8. The molecule has 0 aliphatic carbocycles. The summed E-state index contributed by atoms with van der Waals surface area (Å²) in [6, 6.07) is -0.510. The number of hydrogen-bond acceptors (Lipinski definition) is 4. The van der Waals surface area contributed by atoms with E-state index in [2.05, 4.69) is 5.32 Å². The molecule has 15 heavy (non-hydrogen) atoms. The maximum Gasteiger partial charge on any atom is 0.240 e. The van der Waals surface area contributed by atoms with Gasteiger partial charge in [0.1, 0.15) is 0 Å². The number of aliphatic hydroxyl groups excluding tert-OH is 1. The van der Waals surface area contributed by atoms with Gasteiger partial charge in [0.2, 0.25) is 5.91 Å². The van der Waals surface area contributed by atoms with Crippen molar-refractivity contribution < 1.29 is 15.0 Å². The molecular weight excluding hydrogens is 196 g/mol. The maximum atomic E-state index is 12.0. The molecule has 2 aliphatic rings. The van der Waals surface area contributed by atoms with Crippen LogP contribution in [-0.2, 0) is 4.79 Å². The van der Waals surface area contributed by atoms with E-state index in [1.54, 1.807) is 4.90 Å². The number of likely N-dealkylation sites (tertiary alicyclic amines) is 1. The van der Waals surface area contributed by atoms with Gasteiger partial charge < -0.3 is 20.4 Å². The zero-order valence-corrected chi connectivity index (χ0v) is 8.72. The van der Waals surface area contributed by atoms with Crippen molar-refractivity contribution in [2.24, 2.45) is 0 Å². The Morgan fingerprint density at radius 3 is 2.73 bits per heavy atom. The molecule has 2 fully saturated rings. The lowest BCUT2D eigenvalue weighted by molar-refractivity contribution is -0.144. The van der Waals surface area contributed by atoms with Crippen LogP contribution in [0.15, 0.2) is 0 Å². The van der Waals surface area contributed by atoms with Crippen LogP contribution in [0.3, 0.4) is 0 Å². The summed E-state index contributed by atoms with van der Waals surface area (Å²) < 4.78 is 0. The minimum absolute atomic E-state index is 0.0306. The largest absolute Gasteiger partial charge is 0.366 e. The lowest BCUT2D eigenvalue weighted by Crippen LogP contribution is -2.49. The number of carbonyl (C=O) groups excluding carboxylic acids is 1. The van der Waals surface area contributed by atoms with Gasteiger partial charge in [-0.05, 0) is 32.2 Å². The fraction of sp³-hybridized carbons (Fsp3) is 0.900. The Bertz CT molecular complexity index is 239. The lowest BCUT2D eigenvalue weighted by atomic mass is 10.1. The molecule has 2 aliphatic heterocycles. The van der Waals surface area contributed by atoms with Gasteiger partial charge in [0.15, 0.2) is 6.29 Å². The summed E-state index contributed by atoms with van der Waals surface area (Å²) in [4.78, 5) is 13.6. The number of carbonyl (C=O) groups is 1. The summed E-state index contributed by atoms with van der Waals surface area (Å²) in [6.45, 7) is 1.54. The van der Waals surface area contributed by atoms with Gasteiger partial charge in [0.25, 0.3) is 0 Å². The van der Waals surface area contributed by atoms with Gasteiger partial charge in [-0.1, -0.05) is 0 Å². The third-order valence-corrected chi connectivity index (χ3v) is 3.28. The molecule has 0 radical (unpaired) electrons. The molecular formula is C10H18N2O3. The molecule has 0 aromatic carbocycles. The van der Waals surface area contributed by atoms with Crippen LogP contribution in [0.2, 0.25) is 0 Å². The molecule has 86 valence electrons. The van der Waals surface area contributed by atoms with Gasteiger partial charge in [-0.25, -0.2) is 0 Å². The first-order valence-electron chi connectivity index (χ1n) is 5.60. The standard InChI is InChI=1S/C10H18N2O3/c13-9(7-3-1-5-11-7)12-6-2-4-8(12)10(14)15/h7-8,10-11,14-15H,1-6H2/t7?,8-/m0/s1. The molecule has 5 heteroatoms. The Morgan fingerprint density at radius 1 is 1.33 bits per heavy atom. The highest BCUT2D eigenvalue weighted by atomic mass is 16.5. The average molecular weight is 214 g/mol. The van der Waals surface area contributed by atoms with Gasteiger partial charge in [-0.3, -0.25) is 4.79 Å². The van der Waals surface area contributed by atoms with E-state index in [1.165, 1.54) is 0 Å². The van der Waals surface area contributed by atoms with Crippen LogP contribution >= 0.6 is 0 Å². The SMILES string of the molecule is O=C(C1CCCN1)N1CCC[C@H]1C(O)O. The molecule has 0 bridgehead atoms. The van der Waals surface area contributed by atoms with Crippen molar-refractivity contribution in [2.45, 2.75) is 44.1 Å². The Balaban J connectivity index is 1.99. The summed E-state index contributed by atoms with van der Waals surface area (Å²) in [6.07, 6.45) is 2.04. The van der Waals surface area contributed by atoms with E-state index in [0.717, 1.165) is 25.8 Å². The third-order valence-electron chi connectivity index (χ3n) is 3.28. The molecule has 1 amide bonds. The average Bonchev–Trinajstić information content (AvgIpc) is 2.88. The van der Waals surface area contributed by atoms with Crippen molar-refractivity contribution in [3.63, 3.8) is 0 Å². The monoisotopic (exact) mass is 214 g/mol. The highest BCUT2D eigenvalue weighted by Gasteiger charge is 2.36. The molecule has 0 saturated carbocycles. The van der Waals surface area contributed by atoms with Crippen LogP contribution in [0.5, 0.6) is 0 Å². The van der Waals surface area contributed by atoms with Crippen molar-refractivity contribution in [1.29, 1.82) is 0 Å². The summed E-state index contributed by atoms with van der Waals surface area (Å²) >= 11 is 0. The van der Waals surface area contributed by atoms with Gasteiger partial charge >= 0.3 is 0 Å². The Hall–Kier alpha value is -0.650. The summed E-state index contributed by atoms with van der Waals surface area (Å²) in [7, 11) is 0. The number of hydrogen-bond donors (Lipinski definition) is 3. The van der Waals surface area contributed by atoms with E-state index < -0.39 is 12.3 Å². The van der Waals surface area contributed by atoms with Crippen molar-refractivity contribution in [3.8, 4) is 0 Å². The summed E-state index contributed by atoms with van der Waals surface area (Å²) in [5.74, 6) is 0.0306. The molecule has 2 atom stereocenters. The number of aliphatic hydroxyl groups is 2. The Labute approximate surface area is 89.1 Å². The molecule has 5 nitrogen and oxygen atoms in total. The van der Waals surface area contributed by atoms with E-state index in [9.17, 15) is 4.79 Å². The maximum absolute atomic E-state index is 12.0. The highest BCUT2D eigenvalue weighted by molar-refractivity contribution is 5.82. The minimum Gasteiger partial charge on any atom is -0.366 e. The molecule has 2 heterocycles. The van der Waals surface area contributed by atoms with E-state index in [-0.39, 0.29) is 11.9 Å². The zero-order valence-electron chi connectivity index (χ0n) is 8.72. The van der Waals surface area contributed by atoms with E-state index >= 15 is 0 Å². The quantitative estimate of drug-likeness (QED) is 0.518. The van der Waals surface area contributed by atoms with E-state index in [0.29, 0.717) is 13.0 Å². The number of amides is 1. The van der Waals surface area contributed by atoms with Crippen LogP contribution in [-0.4, -0.2) is 52.5 Å². The van der Waals surface area contributed by atoms with Gasteiger partial charge in [0, 0.05) is 6.54 Å². The lowest BCUT2D eigenvalue weighted by Gasteiger charge is -2.28. The van der Waals surface area contributed by atoms with E-state index in [1.807, 2.05) is 0 Å². The second-order valence-electron chi connectivity index (χ2n) is 4.30. The fourth-order valence-corrected chi connectivity index (χ4v) is 2.47. The first-order valence-corrected chi connectivity index (χ1v) is 5.60. The van der Waals surface area contributed by atoms with Gasteiger partial charge in [-0.2, -0.15) is 0 Å². The van der Waals surface area contributed by atoms with Gasteiger partial charge in [0.05, 0.1) is 12.1 Å². The van der Waals surface area contributed by atoms with Crippen molar-refractivity contribution in [1.82, 2.24) is 10.2 Å². The van der Waals surface area contributed by atoms with Crippen LogP contribution in [0.1, 0.15) is 25.7 Å². The summed E-state index contributed by atoms with van der Waals surface area (Å²) in [5.41, 5.74) is 0. The second kappa shape index (κ2) is 4.47. The van der Waals surface area contributed by atoms with E-state index in [4.69, 9.17) is 10.2 Å². The number of rotatable bonds is 2. The first kappa shape index (κ1) is 10.9. The topological polar surface area (TPSA) is 72.8 Å². The predicted octanol–water partition coefficient (Wildman–Crippen LogP) is -0.960. The molecule has 0 aromatic heterocycles. The van der Waals surface area contributed by atoms with Crippen LogP contribution in [0, 0.1) is 0 Å². The molecule has 2 saturated heterocycles. The smallest absolute Gasteiger partial charge is 0.240 e. The van der Waals surface area contributed by atoms with Crippen LogP contribution in [0.25, 0.3) is 0 Å². The predicted molar refractivity (Wildman–Crippen MR) is 54.0 cm³/mol. The highest BCUT2D eigenvalue weighted by Crippen LogP contribution is 2.22. The number of nitrogens with zero attached hydrogens (tertiary/aromatic N) is 1. The third kappa shape index (κ3) is 2.14. The van der Waals surface area contributed by atoms with Crippen molar-refractivity contribution in [2.75, 3.05) is 13.1 Å². The number of nitrogens with one attached hydrogen (secondary N) is 1. The first-order chi connectivity index (χ1) is 7.20. The minimum atomic E-state index is -1.40.